The van der Waals surface area contributed by atoms with Gasteiger partial charge in [-0.1, -0.05) is 0 Å². The van der Waals surface area contributed by atoms with Crippen molar-refractivity contribution in [2.24, 2.45) is 7.05 Å². The van der Waals surface area contributed by atoms with E-state index in [1.165, 1.54) is 0 Å². The largest absolute Gasteiger partial charge is 0.487 e. The molecule has 0 unspecified atom stereocenters. The van der Waals surface area contributed by atoms with Crippen LogP contribution in [0.5, 0.6) is 5.75 Å². The van der Waals surface area contributed by atoms with Gasteiger partial charge >= 0.3 is 0 Å². The molecule has 2 heterocycles. The summed E-state index contributed by atoms with van der Waals surface area (Å²) in [7, 11) is 1.79. The number of nitrogens with zero attached hydrogens (tertiary/aromatic N) is 3. The van der Waals surface area contributed by atoms with Gasteiger partial charge in [0.15, 0.2) is 0 Å². The second-order valence-electron chi connectivity index (χ2n) is 5.42. The Balaban J connectivity index is 1.61. The highest BCUT2D eigenvalue weighted by atomic mass is 32.1. The monoisotopic (exact) mass is 342 g/mol. The van der Waals surface area contributed by atoms with E-state index in [9.17, 15) is 4.79 Å². The number of benzene rings is 1. The zero-order valence-corrected chi connectivity index (χ0v) is 14.6. The average molecular weight is 342 g/mol. The molecule has 0 spiro atoms. The minimum atomic E-state index is -0.181. The van der Waals surface area contributed by atoms with Crippen LogP contribution in [0, 0.1) is 13.8 Å². The van der Waals surface area contributed by atoms with Crippen LogP contribution in [0.3, 0.4) is 0 Å². The molecule has 3 rings (SSSR count). The summed E-state index contributed by atoms with van der Waals surface area (Å²) in [5.74, 6) is 1.19. The molecule has 0 bridgehead atoms. The van der Waals surface area contributed by atoms with Crippen molar-refractivity contribution < 1.29 is 9.53 Å². The van der Waals surface area contributed by atoms with Gasteiger partial charge in [0, 0.05) is 24.1 Å². The summed E-state index contributed by atoms with van der Waals surface area (Å²) < 4.78 is 7.32. The van der Waals surface area contributed by atoms with Crippen LogP contribution in [0.4, 0.5) is 5.82 Å². The first kappa shape index (κ1) is 16.2. The molecule has 24 heavy (non-hydrogen) atoms. The molecule has 0 aliphatic carbocycles. The number of amides is 1. The Hall–Kier alpha value is -2.67. The van der Waals surface area contributed by atoms with Crippen LogP contribution in [0.25, 0.3) is 0 Å². The first-order valence-electron chi connectivity index (χ1n) is 7.47. The number of nitrogens with one attached hydrogen (secondary N) is 1. The van der Waals surface area contributed by atoms with Gasteiger partial charge in [0.25, 0.3) is 5.91 Å². The van der Waals surface area contributed by atoms with E-state index in [1.54, 1.807) is 47.3 Å². The highest BCUT2D eigenvalue weighted by molar-refractivity contribution is 7.09. The molecule has 6 nitrogen and oxygen atoms in total. The fraction of sp³-hybridized carbons (Fsp3) is 0.235. The van der Waals surface area contributed by atoms with Gasteiger partial charge in [0.1, 0.15) is 18.2 Å². The van der Waals surface area contributed by atoms with Crippen molar-refractivity contribution in [3.8, 4) is 5.75 Å². The zero-order chi connectivity index (χ0) is 17.1. The minimum Gasteiger partial charge on any atom is -0.487 e. The number of thiazole rings is 1. The van der Waals surface area contributed by atoms with E-state index >= 15 is 0 Å². The van der Waals surface area contributed by atoms with Crippen LogP contribution in [0.2, 0.25) is 0 Å². The van der Waals surface area contributed by atoms with Crippen LogP contribution >= 0.6 is 11.3 Å². The van der Waals surface area contributed by atoms with Crippen molar-refractivity contribution in [1.29, 1.82) is 0 Å². The van der Waals surface area contributed by atoms with Crippen LogP contribution < -0.4 is 10.1 Å². The van der Waals surface area contributed by atoms with Gasteiger partial charge in [0.2, 0.25) is 0 Å². The molecular formula is C17H18N4O2S. The molecule has 0 saturated heterocycles. The number of rotatable bonds is 5. The number of carbonyl (C=O) groups is 1. The molecule has 2 aromatic heterocycles. The lowest BCUT2D eigenvalue weighted by Gasteiger charge is -2.07. The number of hydrogen-bond donors (Lipinski definition) is 1. The van der Waals surface area contributed by atoms with Crippen molar-refractivity contribution in [2.75, 3.05) is 5.32 Å². The lowest BCUT2D eigenvalue weighted by Crippen LogP contribution is -2.14. The molecular weight excluding hydrogens is 324 g/mol. The van der Waals surface area contributed by atoms with Crippen LogP contribution in [0.1, 0.15) is 26.8 Å². The topological polar surface area (TPSA) is 69.0 Å². The van der Waals surface area contributed by atoms with Gasteiger partial charge < -0.3 is 10.1 Å². The van der Waals surface area contributed by atoms with Gasteiger partial charge in [-0.3, -0.25) is 9.48 Å². The van der Waals surface area contributed by atoms with Crippen molar-refractivity contribution in [1.82, 2.24) is 14.8 Å². The van der Waals surface area contributed by atoms with Gasteiger partial charge in [-0.15, -0.1) is 11.3 Å². The molecule has 0 atom stereocenters. The number of anilines is 1. The summed E-state index contributed by atoms with van der Waals surface area (Å²) in [6.07, 6.45) is 0. The Labute approximate surface area is 144 Å². The number of ether oxygens (including phenoxy) is 1. The number of hydrogen-bond acceptors (Lipinski definition) is 5. The molecule has 0 aliphatic heterocycles. The molecule has 3 aromatic rings. The Morgan fingerprint density at radius 2 is 2.04 bits per heavy atom. The van der Waals surface area contributed by atoms with E-state index in [0.29, 0.717) is 23.7 Å². The second-order valence-corrected chi connectivity index (χ2v) is 6.48. The Morgan fingerprint density at radius 1 is 1.29 bits per heavy atom. The van der Waals surface area contributed by atoms with E-state index in [-0.39, 0.29) is 5.91 Å². The lowest BCUT2D eigenvalue weighted by molar-refractivity contribution is 0.102. The fourth-order valence-corrected chi connectivity index (χ4v) is 2.85. The molecule has 0 aliphatic rings. The summed E-state index contributed by atoms with van der Waals surface area (Å²) in [6.45, 7) is 4.27. The third-order valence-corrected chi connectivity index (χ3v) is 4.24. The van der Waals surface area contributed by atoms with E-state index in [2.05, 4.69) is 15.4 Å². The SMILES string of the molecule is Cc1cc(NC(=O)c2ccc(OCc3csc(C)n3)cc2)n(C)n1. The standard InChI is InChI=1S/C17H18N4O2S/c1-11-8-16(21(3)20-11)19-17(22)13-4-6-15(7-5-13)23-9-14-10-24-12(2)18-14/h4-8,10H,9H2,1-3H3,(H,19,22). The molecule has 0 saturated carbocycles. The Bertz CT molecular complexity index is 852. The summed E-state index contributed by atoms with van der Waals surface area (Å²) in [6, 6.07) is 8.86. The van der Waals surface area contributed by atoms with Crippen molar-refractivity contribution in [2.45, 2.75) is 20.5 Å². The molecule has 1 amide bonds. The quantitative estimate of drug-likeness (QED) is 0.772. The molecule has 1 aromatic carbocycles. The van der Waals surface area contributed by atoms with Gasteiger partial charge in [-0.05, 0) is 38.1 Å². The third-order valence-electron chi connectivity index (χ3n) is 3.41. The molecule has 1 N–H and O–H groups in total. The predicted octanol–water partition coefficient (Wildman–Crippen LogP) is 3.32. The molecule has 0 fully saturated rings. The Morgan fingerprint density at radius 3 is 2.62 bits per heavy atom. The first-order valence-corrected chi connectivity index (χ1v) is 8.35. The average Bonchev–Trinajstić information content (AvgIpc) is 3.11. The molecule has 0 radical (unpaired) electrons. The van der Waals surface area contributed by atoms with Gasteiger partial charge in [0.05, 0.1) is 16.4 Å². The second kappa shape index (κ2) is 6.84. The summed E-state index contributed by atoms with van der Waals surface area (Å²) >= 11 is 1.60. The van der Waals surface area contributed by atoms with E-state index < -0.39 is 0 Å². The predicted molar refractivity (Wildman–Crippen MR) is 93.5 cm³/mol. The number of carbonyl (C=O) groups excluding carboxylic acids is 1. The van der Waals surface area contributed by atoms with Crippen molar-refractivity contribution in [3.63, 3.8) is 0 Å². The van der Waals surface area contributed by atoms with Crippen LogP contribution in [-0.4, -0.2) is 20.7 Å². The van der Waals surface area contributed by atoms with Crippen LogP contribution in [0.15, 0.2) is 35.7 Å². The van der Waals surface area contributed by atoms with Gasteiger partial charge in [-0.2, -0.15) is 5.10 Å². The maximum absolute atomic E-state index is 12.3. The first-order chi connectivity index (χ1) is 11.5. The normalized spacial score (nSPS) is 10.6. The summed E-state index contributed by atoms with van der Waals surface area (Å²) in [5.41, 5.74) is 2.32. The smallest absolute Gasteiger partial charge is 0.256 e. The molecule has 7 heteroatoms. The Kier molecular flexibility index (Phi) is 4.61. The number of aromatic nitrogens is 3. The molecule has 124 valence electrons. The summed E-state index contributed by atoms with van der Waals surface area (Å²) in [4.78, 5) is 16.6. The van der Waals surface area contributed by atoms with Gasteiger partial charge in [-0.25, -0.2) is 4.98 Å². The highest BCUT2D eigenvalue weighted by Crippen LogP contribution is 2.17. The minimum absolute atomic E-state index is 0.181. The third kappa shape index (κ3) is 3.80. The summed E-state index contributed by atoms with van der Waals surface area (Å²) in [5, 5.41) is 10.0. The van der Waals surface area contributed by atoms with E-state index in [1.807, 2.05) is 25.3 Å². The van der Waals surface area contributed by atoms with Crippen molar-refractivity contribution >= 4 is 23.1 Å². The maximum atomic E-state index is 12.3. The maximum Gasteiger partial charge on any atom is 0.256 e. The van der Waals surface area contributed by atoms with E-state index in [0.717, 1.165) is 16.4 Å². The number of aryl methyl sites for hydroxylation is 3. The van der Waals surface area contributed by atoms with Crippen molar-refractivity contribution in [3.05, 3.63) is 57.7 Å². The fourth-order valence-electron chi connectivity index (χ4n) is 2.25. The van der Waals surface area contributed by atoms with E-state index in [4.69, 9.17) is 4.74 Å². The van der Waals surface area contributed by atoms with Crippen LogP contribution in [-0.2, 0) is 13.7 Å². The highest BCUT2D eigenvalue weighted by Gasteiger charge is 2.10. The lowest BCUT2D eigenvalue weighted by atomic mass is 10.2. The zero-order valence-electron chi connectivity index (χ0n) is 13.7.